The highest BCUT2D eigenvalue weighted by molar-refractivity contribution is 5.99. The van der Waals surface area contributed by atoms with Crippen LogP contribution in [-0.2, 0) is 83.2 Å². The number of carbonyl (C=O) groups excluding carboxylic acids is 12. The average Bonchev–Trinajstić information content (AvgIpc) is 0.814. The molecule has 0 saturated carbocycles. The van der Waals surface area contributed by atoms with Crippen molar-refractivity contribution in [3.05, 3.63) is 131 Å². The summed E-state index contributed by atoms with van der Waals surface area (Å²) < 4.78 is 0. The molecule has 38 N–H and O–H groups in total. The number of benzene rings is 4. The predicted octanol–water partition coefficient (Wildman–Crippen LogP) is -4.27. The summed E-state index contributed by atoms with van der Waals surface area (Å²) in [5.41, 5.74) is 48.3. The van der Waals surface area contributed by atoms with Gasteiger partial charge in [-0.15, -0.1) is 0 Å². The first kappa shape index (κ1) is 101. The van der Waals surface area contributed by atoms with Crippen molar-refractivity contribution in [2.45, 2.75) is 203 Å². The van der Waals surface area contributed by atoms with Gasteiger partial charge in [-0.05, 0) is 160 Å². The zero-order valence-corrected chi connectivity index (χ0v) is 68.9. The maximum atomic E-state index is 14.7. The zero-order chi connectivity index (χ0) is 90.7. The minimum atomic E-state index is -1.49. The fraction of sp³-hybridized carbons (Fsp3) is 0.475. The van der Waals surface area contributed by atoms with Crippen LogP contribution in [0, 0.1) is 33.5 Å². The van der Waals surface area contributed by atoms with Crippen LogP contribution in [0.4, 0.5) is 0 Å². The van der Waals surface area contributed by atoms with E-state index in [4.69, 9.17) is 67.5 Å². The molecule has 668 valence electrons. The molecule has 12 atom stereocenters. The molecule has 4 aromatic carbocycles. The summed E-state index contributed by atoms with van der Waals surface area (Å²) in [5, 5.41) is 108. The molecule has 0 radical (unpaired) electrons. The van der Waals surface area contributed by atoms with Gasteiger partial charge in [-0.1, -0.05) is 88.4 Å². The lowest BCUT2D eigenvalue weighted by Gasteiger charge is -2.28. The third-order valence-electron chi connectivity index (χ3n) is 18.9. The number of nitrogens with two attached hydrogens (primary N) is 8. The van der Waals surface area contributed by atoms with Gasteiger partial charge in [-0.3, -0.25) is 79.2 Å². The number of aromatic hydroxyl groups is 4. The summed E-state index contributed by atoms with van der Waals surface area (Å²) in [6.07, 6.45) is 1.81. The molecule has 0 aliphatic carbocycles. The number of rotatable bonds is 54. The normalized spacial score (nSPS) is 14.1. The molecule has 0 saturated heterocycles. The molecule has 0 spiro atoms. The van der Waals surface area contributed by atoms with Gasteiger partial charge in [-0.25, -0.2) is 0 Å². The van der Waals surface area contributed by atoms with E-state index in [1.54, 1.807) is 27.7 Å². The van der Waals surface area contributed by atoms with Gasteiger partial charge in [0.25, 0.3) is 0 Å². The summed E-state index contributed by atoms with van der Waals surface area (Å²) in [4.78, 5) is 169. The smallest absolute Gasteiger partial charge is 0.243 e. The van der Waals surface area contributed by atoms with E-state index < -0.39 is 155 Å². The summed E-state index contributed by atoms with van der Waals surface area (Å²) in [6, 6.07) is 6.22. The summed E-state index contributed by atoms with van der Waals surface area (Å²) in [7, 11) is 0. The van der Waals surface area contributed by atoms with Crippen LogP contribution in [0.5, 0.6) is 23.0 Å². The Morgan fingerprint density at radius 2 is 0.484 bits per heavy atom. The Morgan fingerprint density at radius 1 is 0.295 bits per heavy atom. The molecule has 4 aromatic rings. The molecule has 0 heterocycles. The molecule has 4 rings (SSSR count). The highest BCUT2D eigenvalue weighted by Crippen LogP contribution is 2.19. The van der Waals surface area contributed by atoms with E-state index >= 15 is 0 Å². The van der Waals surface area contributed by atoms with Gasteiger partial charge in [0.15, 0.2) is 23.8 Å². The van der Waals surface area contributed by atoms with Gasteiger partial charge < -0.3 is 141 Å². The van der Waals surface area contributed by atoms with Crippen molar-refractivity contribution in [2.75, 3.05) is 26.2 Å². The standard InChI is InChI=1S/C80H122N26O16/c1-43(2)37-61(73(119)97-55(13-7-33-93-77(85)86)69(115)101-59(65(83)111)39-45-17-25-49(107)26-18-45)105-71(117)57(15-9-35-95-79(89)90)99-75(121)63(41-47-21-29-51(109)30-22-47)103-67(113)53(81)11-5-6-12-54(82)68(114)104-64(42-48-23-31-52(110)32-24-48)76(122)100-58(16-10-36-96-80(91)92)72(118)106-62(38-44(3)4)74(120)98-56(14-8-34-94-78(87)88)70(116)102-60(66(84)112)40-46-19-27-50(108)28-20-46/h5-6,17-32,43-44,53-64,107-110H,7-16,33-42,81-82H2,1-4H3,(H2,83,111)(H2,84,112)(H,97,119)(H,98,120)(H,99,121)(H,100,122)(H,101,115)(H,102,116)(H,103,113)(H,104,114)(H,105,117)(H,106,118)(H4,85,86,93)(H4,87,88,94)(H4,89,90,95)(H4,91,92,96)/b6-5-/t53-,54-,55-,56-,57-,58-,59-,60-,61-,62-,63-,64-/m0/s1. The Balaban J connectivity index is 1.57. The first-order valence-electron chi connectivity index (χ1n) is 39.9. The number of phenolic OH excluding ortho intramolecular Hbond substituents is 4. The Hall–Kier alpha value is -13.5. The maximum absolute atomic E-state index is 14.7. The van der Waals surface area contributed by atoms with Crippen molar-refractivity contribution in [3.63, 3.8) is 0 Å². The number of primary amides is 2. The molecule has 122 heavy (non-hydrogen) atoms. The Kier molecular flexibility index (Phi) is 43.3. The third kappa shape index (κ3) is 39.4. The SMILES string of the molecule is CC(C)C[C@H](NC(=O)[C@H](CCCNC(=N)N)NC(=O)[C@H](Cc1ccc(O)cc1)NC(=O)[C@@H](N)C/C=C\C[C@H](N)C(=O)N[C@@H](Cc1ccc(O)cc1)C(=O)N[C@@H](CCCNC(=N)N)C(=O)N[C@@H](CC(C)C)C(=O)N[C@@H](CCCNC(=N)N)C(=O)N[C@@H](Cc1ccc(O)cc1)C(N)=O)C(=O)N[C@@H](CCCNC(=N)N)C(=O)N[C@@H](Cc1ccc(O)cc1)C(N)=O. The number of nitrogens with one attached hydrogen (secondary N) is 18. The minimum Gasteiger partial charge on any atom is -0.508 e. The van der Waals surface area contributed by atoms with Crippen molar-refractivity contribution in [1.82, 2.24) is 74.4 Å². The molecule has 0 unspecified atom stereocenters. The second kappa shape index (κ2) is 52.4. The van der Waals surface area contributed by atoms with Crippen molar-refractivity contribution in [1.29, 1.82) is 21.6 Å². The van der Waals surface area contributed by atoms with Gasteiger partial charge in [0.2, 0.25) is 70.9 Å². The number of hydrogen-bond acceptors (Lipinski definition) is 22. The maximum Gasteiger partial charge on any atom is 0.243 e. The summed E-state index contributed by atoms with van der Waals surface area (Å²) >= 11 is 0. The number of carbonyl (C=O) groups is 12. The quantitative estimate of drug-likeness (QED) is 0.00861. The van der Waals surface area contributed by atoms with Crippen LogP contribution >= 0.6 is 0 Å². The van der Waals surface area contributed by atoms with Gasteiger partial charge in [0.1, 0.15) is 83.4 Å². The molecule has 0 aromatic heterocycles. The average molecular weight is 1700 g/mol. The Morgan fingerprint density at radius 3 is 0.697 bits per heavy atom. The second-order valence-corrected chi connectivity index (χ2v) is 30.2. The van der Waals surface area contributed by atoms with Crippen LogP contribution in [0.25, 0.3) is 0 Å². The van der Waals surface area contributed by atoms with E-state index in [2.05, 4.69) is 74.4 Å². The highest BCUT2D eigenvalue weighted by Gasteiger charge is 2.37. The van der Waals surface area contributed by atoms with Crippen molar-refractivity contribution < 1.29 is 78.0 Å². The van der Waals surface area contributed by atoms with E-state index in [0.29, 0.717) is 22.3 Å². The van der Waals surface area contributed by atoms with E-state index in [9.17, 15) is 78.0 Å². The molecule has 42 heteroatoms. The number of phenols is 4. The van der Waals surface area contributed by atoms with Crippen LogP contribution in [0.3, 0.4) is 0 Å². The molecule has 42 nitrogen and oxygen atoms in total. The lowest BCUT2D eigenvalue weighted by Crippen LogP contribution is -2.60. The van der Waals surface area contributed by atoms with E-state index in [1.807, 2.05) is 0 Å². The van der Waals surface area contributed by atoms with E-state index in [1.165, 1.54) is 109 Å². The molecular weight excluding hydrogens is 1580 g/mol. The van der Waals surface area contributed by atoms with Gasteiger partial charge in [0, 0.05) is 51.9 Å². The summed E-state index contributed by atoms with van der Waals surface area (Å²) in [5.74, 6) is -12.9. The topological polar surface area (TPSA) is 758 Å². The Labute approximate surface area is 707 Å². The number of hydrogen-bond donors (Lipinski definition) is 30. The molecular formula is C80H122N26O16. The molecule has 12 amide bonds. The van der Waals surface area contributed by atoms with Gasteiger partial charge in [-0.2, -0.15) is 0 Å². The lowest BCUT2D eigenvalue weighted by atomic mass is 10.00. The third-order valence-corrected chi connectivity index (χ3v) is 18.9. The van der Waals surface area contributed by atoms with Crippen molar-refractivity contribution in [2.24, 2.45) is 57.7 Å². The van der Waals surface area contributed by atoms with Crippen molar-refractivity contribution in [3.8, 4) is 23.0 Å². The van der Waals surface area contributed by atoms with E-state index in [0.717, 1.165) is 0 Å². The molecule has 0 aliphatic heterocycles. The summed E-state index contributed by atoms with van der Waals surface area (Å²) in [6.45, 7) is 7.32. The van der Waals surface area contributed by atoms with E-state index in [-0.39, 0.29) is 176 Å². The highest BCUT2D eigenvalue weighted by atomic mass is 16.3. The van der Waals surface area contributed by atoms with Crippen LogP contribution in [-0.4, -0.2) is 214 Å². The Bertz CT molecular complexity index is 3930. The van der Waals surface area contributed by atoms with Gasteiger partial charge in [0.05, 0.1) is 12.1 Å². The zero-order valence-electron chi connectivity index (χ0n) is 68.9. The first-order chi connectivity index (χ1) is 57.7. The fourth-order valence-corrected chi connectivity index (χ4v) is 12.4. The predicted molar refractivity (Wildman–Crippen MR) is 455 cm³/mol. The second-order valence-electron chi connectivity index (χ2n) is 30.2. The van der Waals surface area contributed by atoms with Crippen LogP contribution in [0.1, 0.15) is 127 Å². The van der Waals surface area contributed by atoms with Crippen LogP contribution in [0.15, 0.2) is 109 Å². The monoisotopic (exact) mass is 1700 g/mol. The fourth-order valence-electron chi connectivity index (χ4n) is 12.4. The molecule has 0 fully saturated rings. The van der Waals surface area contributed by atoms with Crippen molar-refractivity contribution >= 4 is 94.7 Å². The van der Waals surface area contributed by atoms with Gasteiger partial charge >= 0.3 is 0 Å². The first-order valence-corrected chi connectivity index (χ1v) is 39.9. The number of guanidine groups is 4. The lowest BCUT2D eigenvalue weighted by molar-refractivity contribution is -0.135. The van der Waals surface area contributed by atoms with Crippen LogP contribution in [0.2, 0.25) is 0 Å². The molecule has 0 aliphatic rings. The molecule has 0 bridgehead atoms. The number of amides is 12. The largest absolute Gasteiger partial charge is 0.508 e. The minimum absolute atomic E-state index is 0.0136. The van der Waals surface area contributed by atoms with Crippen LogP contribution < -0.4 is 120 Å².